The van der Waals surface area contributed by atoms with Gasteiger partial charge < -0.3 is 9.80 Å². The summed E-state index contributed by atoms with van der Waals surface area (Å²) in [6.45, 7) is 0.744. The molecule has 0 unspecified atom stereocenters. The van der Waals surface area contributed by atoms with E-state index in [4.69, 9.17) is 11.6 Å². The fourth-order valence-corrected chi connectivity index (χ4v) is 4.81. The van der Waals surface area contributed by atoms with E-state index >= 15 is 0 Å². The van der Waals surface area contributed by atoms with Crippen LogP contribution in [0, 0.1) is 0 Å². The Morgan fingerprint density at radius 3 is 2.34 bits per heavy atom. The van der Waals surface area contributed by atoms with Crippen LogP contribution in [0.2, 0.25) is 5.02 Å². The van der Waals surface area contributed by atoms with Gasteiger partial charge in [0.05, 0.1) is 10.6 Å². The fraction of sp³-hybridized carbons (Fsp3) is 0.412. The van der Waals surface area contributed by atoms with Crippen LogP contribution in [0.5, 0.6) is 0 Å². The number of halogens is 4. The summed E-state index contributed by atoms with van der Waals surface area (Å²) in [6, 6.07) is 4.04. The Labute approximate surface area is 171 Å². The van der Waals surface area contributed by atoms with Gasteiger partial charge in [0.2, 0.25) is 16.0 Å². The van der Waals surface area contributed by atoms with E-state index in [1.165, 1.54) is 0 Å². The minimum Gasteiger partial charge on any atom is -0.363 e. The molecule has 12 heteroatoms. The number of hydrogen-bond donors (Lipinski definition) is 0. The molecule has 0 bridgehead atoms. The third-order valence-corrected chi connectivity index (χ3v) is 6.86. The third-order valence-electron chi connectivity index (χ3n) is 4.48. The Morgan fingerprint density at radius 2 is 1.76 bits per heavy atom. The maximum Gasteiger partial charge on any atom is 0.416 e. The lowest BCUT2D eigenvalue weighted by Gasteiger charge is -2.34. The van der Waals surface area contributed by atoms with Crippen molar-refractivity contribution in [3.05, 3.63) is 41.0 Å². The average molecular weight is 450 g/mol. The summed E-state index contributed by atoms with van der Waals surface area (Å²) in [4.78, 5) is 11.7. The summed E-state index contributed by atoms with van der Waals surface area (Å²) in [5, 5.41) is -0.248. The molecule has 1 aliphatic heterocycles. The van der Waals surface area contributed by atoms with Gasteiger partial charge in [-0.25, -0.2) is 13.4 Å². The Kier molecular flexibility index (Phi) is 5.93. The molecule has 7 nitrogen and oxygen atoms in total. The van der Waals surface area contributed by atoms with Crippen LogP contribution < -0.4 is 9.80 Å². The van der Waals surface area contributed by atoms with Gasteiger partial charge in [-0.05, 0) is 24.3 Å². The first-order valence-corrected chi connectivity index (χ1v) is 10.4. The molecule has 0 amide bonds. The van der Waals surface area contributed by atoms with Crippen molar-refractivity contribution >= 4 is 33.4 Å². The van der Waals surface area contributed by atoms with Crippen LogP contribution in [0.3, 0.4) is 0 Å². The van der Waals surface area contributed by atoms with E-state index in [1.807, 2.05) is 23.9 Å². The number of nitrogens with zero attached hydrogens (tertiary/aromatic N) is 5. The summed E-state index contributed by atoms with van der Waals surface area (Å²) < 4.78 is 65.9. The summed E-state index contributed by atoms with van der Waals surface area (Å²) in [5.41, 5.74) is -1.06. The molecule has 1 saturated heterocycles. The summed E-state index contributed by atoms with van der Waals surface area (Å²) in [7, 11) is -0.492. The maximum atomic E-state index is 13.0. The zero-order chi connectivity index (χ0) is 21.4. The normalized spacial score (nSPS) is 16.1. The first kappa shape index (κ1) is 21.6. The first-order chi connectivity index (χ1) is 13.5. The quantitative estimate of drug-likeness (QED) is 0.715. The Morgan fingerprint density at radius 1 is 1.10 bits per heavy atom. The van der Waals surface area contributed by atoms with Gasteiger partial charge in [0.25, 0.3) is 0 Å². The van der Waals surface area contributed by atoms with E-state index in [0.29, 0.717) is 30.9 Å². The molecule has 2 aromatic rings. The maximum absolute atomic E-state index is 13.0. The molecule has 3 rings (SSSR count). The Bertz CT molecular complexity index is 993. The lowest BCUT2D eigenvalue weighted by atomic mass is 10.2. The van der Waals surface area contributed by atoms with Crippen molar-refractivity contribution in [1.82, 2.24) is 14.3 Å². The molecule has 0 spiro atoms. The second kappa shape index (κ2) is 7.96. The number of alkyl halides is 3. The third kappa shape index (κ3) is 4.57. The van der Waals surface area contributed by atoms with E-state index in [0.717, 1.165) is 16.4 Å². The van der Waals surface area contributed by atoms with Gasteiger partial charge in [-0.2, -0.15) is 22.5 Å². The highest BCUT2D eigenvalue weighted by molar-refractivity contribution is 7.89. The second-order valence-corrected chi connectivity index (χ2v) is 8.96. The van der Waals surface area contributed by atoms with Gasteiger partial charge in [0.15, 0.2) is 0 Å². The number of aromatic nitrogens is 2. The first-order valence-electron chi connectivity index (χ1n) is 8.62. The molecule has 1 aromatic carbocycles. The molecule has 0 radical (unpaired) electrons. The molecule has 1 aliphatic rings. The van der Waals surface area contributed by atoms with Crippen molar-refractivity contribution in [1.29, 1.82) is 0 Å². The average Bonchev–Trinajstić information content (AvgIpc) is 2.67. The van der Waals surface area contributed by atoms with E-state index in [-0.39, 0.29) is 18.1 Å². The molecule has 0 atom stereocenters. The molecule has 0 aliphatic carbocycles. The van der Waals surface area contributed by atoms with Gasteiger partial charge >= 0.3 is 6.18 Å². The van der Waals surface area contributed by atoms with E-state index in [9.17, 15) is 21.6 Å². The zero-order valence-corrected chi connectivity index (χ0v) is 17.3. The van der Waals surface area contributed by atoms with E-state index in [2.05, 4.69) is 9.97 Å². The van der Waals surface area contributed by atoms with E-state index in [1.54, 1.807) is 12.3 Å². The van der Waals surface area contributed by atoms with Crippen molar-refractivity contribution in [3.63, 3.8) is 0 Å². The number of piperazine rings is 1. The van der Waals surface area contributed by atoms with Crippen molar-refractivity contribution in [2.24, 2.45) is 0 Å². The van der Waals surface area contributed by atoms with Gasteiger partial charge in [-0.15, -0.1) is 0 Å². The molecule has 158 valence electrons. The van der Waals surface area contributed by atoms with Crippen LogP contribution in [0.4, 0.5) is 24.9 Å². The zero-order valence-electron chi connectivity index (χ0n) is 15.7. The standard InChI is InChI=1S/C17H19ClF3N5O2S/c1-24(2)15-5-6-22-16(23-15)25-7-9-26(10-8-25)29(27,28)14-11-12(17(19,20)21)3-4-13(14)18/h3-6,11H,7-10H2,1-2H3. The van der Waals surface area contributed by atoms with Gasteiger partial charge in [0, 0.05) is 46.5 Å². The number of anilines is 2. The van der Waals surface area contributed by atoms with Gasteiger partial charge in [-0.1, -0.05) is 11.6 Å². The van der Waals surface area contributed by atoms with Gasteiger partial charge in [-0.3, -0.25) is 0 Å². The Hall–Kier alpha value is -2.11. The largest absolute Gasteiger partial charge is 0.416 e. The van der Waals surface area contributed by atoms with Crippen molar-refractivity contribution in [2.45, 2.75) is 11.1 Å². The van der Waals surface area contributed by atoms with Crippen molar-refractivity contribution in [2.75, 3.05) is 50.1 Å². The molecule has 0 N–H and O–H groups in total. The van der Waals surface area contributed by atoms with Crippen LogP contribution in [0.25, 0.3) is 0 Å². The minimum absolute atomic E-state index is 0.0739. The Balaban J connectivity index is 1.79. The number of benzene rings is 1. The molecule has 29 heavy (non-hydrogen) atoms. The molecule has 0 saturated carbocycles. The van der Waals surface area contributed by atoms with Crippen molar-refractivity contribution in [3.8, 4) is 0 Å². The highest BCUT2D eigenvalue weighted by Crippen LogP contribution is 2.34. The molecule has 1 aromatic heterocycles. The highest BCUT2D eigenvalue weighted by Gasteiger charge is 2.35. The second-order valence-electron chi connectivity index (χ2n) is 6.64. The number of sulfonamides is 1. The SMILES string of the molecule is CN(C)c1ccnc(N2CCN(S(=O)(=O)c3cc(C(F)(F)F)ccc3Cl)CC2)n1. The van der Waals surface area contributed by atoms with Crippen LogP contribution in [0.1, 0.15) is 5.56 Å². The minimum atomic E-state index is -4.66. The lowest BCUT2D eigenvalue weighted by molar-refractivity contribution is -0.137. The lowest BCUT2D eigenvalue weighted by Crippen LogP contribution is -2.49. The molecular weight excluding hydrogens is 431 g/mol. The summed E-state index contributed by atoms with van der Waals surface area (Å²) in [5.74, 6) is 1.17. The smallest absolute Gasteiger partial charge is 0.363 e. The predicted octanol–water partition coefficient (Wildman–Crippen LogP) is 2.73. The molecule has 1 fully saturated rings. The van der Waals surface area contributed by atoms with Gasteiger partial charge in [0.1, 0.15) is 10.7 Å². The van der Waals surface area contributed by atoms with Crippen LogP contribution >= 0.6 is 11.6 Å². The monoisotopic (exact) mass is 449 g/mol. The van der Waals surface area contributed by atoms with Crippen molar-refractivity contribution < 1.29 is 21.6 Å². The fourth-order valence-electron chi connectivity index (χ4n) is 2.89. The van der Waals surface area contributed by atoms with Crippen LogP contribution in [-0.4, -0.2) is 63.0 Å². The van der Waals surface area contributed by atoms with E-state index < -0.39 is 26.7 Å². The number of rotatable bonds is 4. The highest BCUT2D eigenvalue weighted by atomic mass is 35.5. The number of hydrogen-bond acceptors (Lipinski definition) is 6. The molecule has 2 heterocycles. The van der Waals surface area contributed by atoms with Crippen LogP contribution in [-0.2, 0) is 16.2 Å². The topological polar surface area (TPSA) is 69.6 Å². The van der Waals surface area contributed by atoms with Crippen LogP contribution in [0.15, 0.2) is 35.4 Å². The summed E-state index contributed by atoms with van der Waals surface area (Å²) >= 11 is 5.91. The predicted molar refractivity (Wildman–Crippen MR) is 104 cm³/mol. The molecular formula is C17H19ClF3N5O2S. The summed E-state index contributed by atoms with van der Waals surface area (Å²) in [6.07, 6.45) is -3.05.